The summed E-state index contributed by atoms with van der Waals surface area (Å²) in [5.41, 5.74) is 2.12. The minimum atomic E-state index is -0.345. The Balaban J connectivity index is 2.02. The van der Waals surface area contributed by atoms with Crippen LogP contribution in [0.3, 0.4) is 0 Å². The smallest absolute Gasteiger partial charge is 0.271 e. The number of nitro benzene ring substituents is 1. The van der Waals surface area contributed by atoms with Crippen molar-refractivity contribution in [1.29, 1.82) is 0 Å². The Hall–Kier alpha value is -1.58. The van der Waals surface area contributed by atoms with E-state index in [1.807, 2.05) is 6.92 Å². The average molecular weight is 248 g/mol. The van der Waals surface area contributed by atoms with E-state index in [0.717, 1.165) is 23.1 Å². The molecule has 4 heteroatoms. The fourth-order valence-electron chi connectivity index (χ4n) is 2.42. The Kier molecular flexibility index (Phi) is 3.55. The number of hydrogen-bond acceptors (Lipinski definition) is 3. The van der Waals surface area contributed by atoms with Crippen LogP contribution < -0.4 is 5.32 Å². The molecule has 0 bridgehead atoms. The summed E-state index contributed by atoms with van der Waals surface area (Å²) in [5, 5.41) is 14.2. The van der Waals surface area contributed by atoms with Crippen molar-refractivity contribution in [1.82, 2.24) is 0 Å². The van der Waals surface area contributed by atoms with E-state index in [-0.39, 0.29) is 10.6 Å². The second-order valence-corrected chi connectivity index (χ2v) is 5.57. The highest BCUT2D eigenvalue weighted by Crippen LogP contribution is 2.36. The number of anilines is 1. The van der Waals surface area contributed by atoms with E-state index in [2.05, 4.69) is 19.2 Å². The Morgan fingerprint density at radius 1 is 1.39 bits per heavy atom. The van der Waals surface area contributed by atoms with Gasteiger partial charge in [-0.2, -0.15) is 0 Å². The zero-order valence-corrected chi connectivity index (χ0v) is 11.1. The number of benzene rings is 1. The van der Waals surface area contributed by atoms with Crippen LogP contribution >= 0.6 is 0 Å². The largest absolute Gasteiger partial charge is 0.382 e. The third kappa shape index (κ3) is 2.63. The third-order valence-corrected chi connectivity index (χ3v) is 3.91. The molecule has 0 aromatic heterocycles. The van der Waals surface area contributed by atoms with Gasteiger partial charge in [-0.05, 0) is 37.2 Å². The Bertz CT molecular complexity index is 451. The van der Waals surface area contributed by atoms with Crippen LogP contribution in [0, 0.1) is 28.9 Å². The SMILES string of the molecule is Cc1ccc([N+](=O)[O-])cc1NC1CC(C(C)C)C1. The van der Waals surface area contributed by atoms with Gasteiger partial charge in [-0.1, -0.05) is 19.9 Å². The van der Waals surface area contributed by atoms with E-state index >= 15 is 0 Å². The maximum absolute atomic E-state index is 10.8. The summed E-state index contributed by atoms with van der Waals surface area (Å²) in [6, 6.07) is 5.47. The number of nitrogens with one attached hydrogen (secondary N) is 1. The first-order valence-electron chi connectivity index (χ1n) is 6.49. The molecule has 1 N–H and O–H groups in total. The summed E-state index contributed by atoms with van der Waals surface area (Å²) >= 11 is 0. The highest BCUT2D eigenvalue weighted by molar-refractivity contribution is 5.57. The van der Waals surface area contributed by atoms with Crippen molar-refractivity contribution in [2.24, 2.45) is 11.8 Å². The summed E-state index contributed by atoms with van der Waals surface area (Å²) in [7, 11) is 0. The number of hydrogen-bond donors (Lipinski definition) is 1. The zero-order chi connectivity index (χ0) is 13.3. The molecule has 0 radical (unpaired) electrons. The number of nitro groups is 1. The monoisotopic (exact) mass is 248 g/mol. The van der Waals surface area contributed by atoms with Crippen molar-refractivity contribution < 1.29 is 4.92 Å². The van der Waals surface area contributed by atoms with E-state index in [4.69, 9.17) is 0 Å². The predicted molar refractivity (Wildman–Crippen MR) is 72.8 cm³/mol. The van der Waals surface area contributed by atoms with Crippen molar-refractivity contribution in [3.63, 3.8) is 0 Å². The van der Waals surface area contributed by atoms with Crippen molar-refractivity contribution in [3.8, 4) is 0 Å². The van der Waals surface area contributed by atoms with Gasteiger partial charge in [0.1, 0.15) is 0 Å². The molecule has 98 valence electrons. The molecule has 4 nitrogen and oxygen atoms in total. The molecule has 1 aliphatic rings. The summed E-state index contributed by atoms with van der Waals surface area (Å²) in [4.78, 5) is 10.4. The normalized spacial score (nSPS) is 22.7. The van der Waals surface area contributed by atoms with Crippen LogP contribution in [0.2, 0.25) is 0 Å². The molecule has 2 rings (SSSR count). The molecule has 1 fully saturated rings. The topological polar surface area (TPSA) is 55.2 Å². The van der Waals surface area contributed by atoms with Gasteiger partial charge in [-0.25, -0.2) is 0 Å². The highest BCUT2D eigenvalue weighted by atomic mass is 16.6. The van der Waals surface area contributed by atoms with Crippen LogP contribution in [0.4, 0.5) is 11.4 Å². The van der Waals surface area contributed by atoms with Crippen LogP contribution in [-0.4, -0.2) is 11.0 Å². The maximum Gasteiger partial charge on any atom is 0.271 e. The number of aryl methyl sites for hydroxylation is 1. The molecule has 1 aromatic carbocycles. The average Bonchev–Trinajstić information content (AvgIpc) is 2.23. The van der Waals surface area contributed by atoms with E-state index in [0.29, 0.717) is 6.04 Å². The van der Waals surface area contributed by atoms with Crippen LogP contribution in [0.1, 0.15) is 32.3 Å². The van der Waals surface area contributed by atoms with Gasteiger partial charge in [0.25, 0.3) is 5.69 Å². The van der Waals surface area contributed by atoms with Gasteiger partial charge in [-0.3, -0.25) is 10.1 Å². The Morgan fingerprint density at radius 2 is 2.06 bits per heavy atom. The molecule has 0 heterocycles. The Labute approximate surface area is 108 Å². The standard InChI is InChI=1S/C14H20N2O2/c1-9(2)11-6-12(7-11)15-14-8-13(16(17)18)5-4-10(14)3/h4-5,8-9,11-12,15H,6-7H2,1-3H3. The lowest BCUT2D eigenvalue weighted by Gasteiger charge is -2.39. The second-order valence-electron chi connectivity index (χ2n) is 5.57. The van der Waals surface area contributed by atoms with Gasteiger partial charge >= 0.3 is 0 Å². The van der Waals surface area contributed by atoms with Crippen molar-refractivity contribution in [2.75, 3.05) is 5.32 Å². The number of non-ortho nitro benzene ring substituents is 1. The quantitative estimate of drug-likeness (QED) is 0.652. The lowest BCUT2D eigenvalue weighted by Crippen LogP contribution is -2.38. The minimum Gasteiger partial charge on any atom is -0.382 e. The van der Waals surface area contributed by atoms with Crippen LogP contribution in [0.25, 0.3) is 0 Å². The van der Waals surface area contributed by atoms with Gasteiger partial charge in [0.2, 0.25) is 0 Å². The fraction of sp³-hybridized carbons (Fsp3) is 0.571. The van der Waals surface area contributed by atoms with Crippen LogP contribution in [-0.2, 0) is 0 Å². The summed E-state index contributed by atoms with van der Waals surface area (Å²) in [6.07, 6.45) is 2.33. The van der Waals surface area contributed by atoms with Crippen molar-refractivity contribution in [2.45, 2.75) is 39.7 Å². The van der Waals surface area contributed by atoms with Crippen molar-refractivity contribution in [3.05, 3.63) is 33.9 Å². The van der Waals surface area contributed by atoms with Gasteiger partial charge in [-0.15, -0.1) is 0 Å². The zero-order valence-electron chi connectivity index (χ0n) is 11.1. The van der Waals surface area contributed by atoms with E-state index < -0.39 is 0 Å². The first kappa shape index (κ1) is 12.9. The van der Waals surface area contributed by atoms with Gasteiger partial charge in [0.05, 0.1) is 4.92 Å². The lowest BCUT2D eigenvalue weighted by molar-refractivity contribution is -0.384. The van der Waals surface area contributed by atoms with Crippen LogP contribution in [0.5, 0.6) is 0 Å². The van der Waals surface area contributed by atoms with Gasteiger partial charge < -0.3 is 5.32 Å². The molecule has 0 unspecified atom stereocenters. The molecule has 0 aliphatic heterocycles. The number of rotatable bonds is 4. The molecular formula is C14H20N2O2. The molecule has 0 atom stereocenters. The lowest BCUT2D eigenvalue weighted by atomic mass is 9.73. The molecule has 0 saturated heterocycles. The summed E-state index contributed by atoms with van der Waals surface area (Å²) in [5.74, 6) is 1.52. The minimum absolute atomic E-state index is 0.155. The van der Waals surface area contributed by atoms with E-state index in [1.165, 1.54) is 12.8 Å². The maximum atomic E-state index is 10.8. The highest BCUT2D eigenvalue weighted by Gasteiger charge is 2.31. The molecular weight excluding hydrogens is 228 g/mol. The molecule has 1 saturated carbocycles. The first-order valence-corrected chi connectivity index (χ1v) is 6.49. The molecule has 18 heavy (non-hydrogen) atoms. The summed E-state index contributed by atoms with van der Waals surface area (Å²) < 4.78 is 0. The predicted octanol–water partition coefficient (Wildman–Crippen LogP) is 3.75. The van der Waals surface area contributed by atoms with Crippen molar-refractivity contribution >= 4 is 11.4 Å². The number of nitrogens with zero attached hydrogens (tertiary/aromatic N) is 1. The third-order valence-electron chi connectivity index (χ3n) is 3.91. The molecule has 1 aliphatic carbocycles. The molecule has 0 spiro atoms. The molecule has 1 aromatic rings. The van der Waals surface area contributed by atoms with E-state index in [1.54, 1.807) is 18.2 Å². The summed E-state index contributed by atoms with van der Waals surface area (Å²) in [6.45, 7) is 6.48. The fourth-order valence-corrected chi connectivity index (χ4v) is 2.42. The van der Waals surface area contributed by atoms with Gasteiger partial charge in [0.15, 0.2) is 0 Å². The second kappa shape index (κ2) is 4.96. The first-order chi connectivity index (χ1) is 8.47. The van der Waals surface area contributed by atoms with Crippen LogP contribution in [0.15, 0.2) is 18.2 Å². The van der Waals surface area contributed by atoms with E-state index in [9.17, 15) is 10.1 Å². The van der Waals surface area contributed by atoms with Gasteiger partial charge in [0, 0.05) is 23.9 Å². The molecule has 0 amide bonds. The Morgan fingerprint density at radius 3 is 2.61 bits per heavy atom.